The summed E-state index contributed by atoms with van der Waals surface area (Å²) in [5.41, 5.74) is 3.50. The van der Waals surface area contributed by atoms with Gasteiger partial charge in [0, 0.05) is 23.3 Å². The molecule has 178 valence electrons. The van der Waals surface area contributed by atoms with Gasteiger partial charge in [-0.1, -0.05) is 29.8 Å². The standard InChI is InChI=1S/C27H25N3O4S/c1-17-5-4-6-18(13-17)14-26(31)30-27(35)29-19-7-9-20(10-8-19)34-23-11-12-28-22-16-25(33-3)24(32-2)15-21(22)23/h4-13,15-16H,14H2,1-3H3,(H2,29,30,31,35). The Morgan fingerprint density at radius 1 is 0.943 bits per heavy atom. The third-order valence-electron chi connectivity index (χ3n) is 5.25. The maximum atomic E-state index is 12.3. The molecule has 0 radical (unpaired) electrons. The zero-order valence-electron chi connectivity index (χ0n) is 19.6. The lowest BCUT2D eigenvalue weighted by Gasteiger charge is -2.13. The average molecular weight is 488 g/mol. The molecule has 0 bridgehead atoms. The van der Waals surface area contributed by atoms with Crippen LogP contribution in [0.1, 0.15) is 11.1 Å². The number of methoxy groups -OCH3 is 2. The zero-order valence-corrected chi connectivity index (χ0v) is 20.4. The molecule has 1 heterocycles. The highest BCUT2D eigenvalue weighted by molar-refractivity contribution is 7.80. The molecule has 0 unspecified atom stereocenters. The number of nitrogens with zero attached hydrogens (tertiary/aromatic N) is 1. The van der Waals surface area contributed by atoms with Crippen LogP contribution in [0.5, 0.6) is 23.0 Å². The van der Waals surface area contributed by atoms with Crippen molar-refractivity contribution in [3.63, 3.8) is 0 Å². The number of hydrogen-bond donors (Lipinski definition) is 2. The van der Waals surface area contributed by atoms with Gasteiger partial charge in [0.2, 0.25) is 5.91 Å². The Bertz CT molecular complexity index is 1370. The lowest BCUT2D eigenvalue weighted by molar-refractivity contribution is -0.119. The summed E-state index contributed by atoms with van der Waals surface area (Å²) in [6.07, 6.45) is 1.93. The number of amides is 1. The highest BCUT2D eigenvalue weighted by Gasteiger charge is 2.12. The van der Waals surface area contributed by atoms with Crippen molar-refractivity contribution in [2.75, 3.05) is 19.5 Å². The second-order valence-electron chi connectivity index (χ2n) is 7.83. The van der Waals surface area contributed by atoms with Crippen LogP contribution in [0.3, 0.4) is 0 Å². The van der Waals surface area contributed by atoms with E-state index in [4.69, 9.17) is 26.4 Å². The molecule has 1 amide bonds. The van der Waals surface area contributed by atoms with Gasteiger partial charge in [-0.2, -0.15) is 0 Å². The minimum absolute atomic E-state index is 0.176. The smallest absolute Gasteiger partial charge is 0.230 e. The van der Waals surface area contributed by atoms with Crippen LogP contribution in [-0.2, 0) is 11.2 Å². The number of thiocarbonyl (C=S) groups is 1. The minimum Gasteiger partial charge on any atom is -0.493 e. The number of carbonyl (C=O) groups excluding carboxylic acids is 1. The average Bonchev–Trinajstić information content (AvgIpc) is 2.84. The van der Waals surface area contributed by atoms with Gasteiger partial charge in [0.15, 0.2) is 16.6 Å². The lowest BCUT2D eigenvalue weighted by atomic mass is 10.1. The van der Waals surface area contributed by atoms with E-state index in [1.165, 1.54) is 0 Å². The van der Waals surface area contributed by atoms with Gasteiger partial charge in [0.25, 0.3) is 0 Å². The maximum absolute atomic E-state index is 12.3. The molecule has 2 N–H and O–H groups in total. The fraction of sp³-hybridized carbons (Fsp3) is 0.148. The van der Waals surface area contributed by atoms with E-state index >= 15 is 0 Å². The Morgan fingerprint density at radius 3 is 2.40 bits per heavy atom. The van der Waals surface area contributed by atoms with Gasteiger partial charge in [-0.05, 0) is 61.1 Å². The number of aryl methyl sites for hydroxylation is 1. The van der Waals surface area contributed by atoms with E-state index in [2.05, 4.69) is 15.6 Å². The van der Waals surface area contributed by atoms with Gasteiger partial charge >= 0.3 is 0 Å². The van der Waals surface area contributed by atoms with E-state index in [0.717, 1.165) is 27.7 Å². The van der Waals surface area contributed by atoms with E-state index in [-0.39, 0.29) is 17.4 Å². The molecule has 0 aliphatic rings. The molecule has 0 saturated carbocycles. The van der Waals surface area contributed by atoms with E-state index in [0.29, 0.717) is 23.0 Å². The quantitative estimate of drug-likeness (QED) is 0.337. The van der Waals surface area contributed by atoms with E-state index < -0.39 is 0 Å². The molecule has 1 aromatic heterocycles. The van der Waals surface area contributed by atoms with Gasteiger partial charge in [0.05, 0.1) is 26.2 Å². The van der Waals surface area contributed by atoms with Crippen molar-refractivity contribution < 1.29 is 19.0 Å². The molecule has 7 nitrogen and oxygen atoms in total. The Kier molecular flexibility index (Phi) is 7.42. The van der Waals surface area contributed by atoms with Crippen molar-refractivity contribution in [1.82, 2.24) is 10.3 Å². The summed E-state index contributed by atoms with van der Waals surface area (Å²) < 4.78 is 16.9. The summed E-state index contributed by atoms with van der Waals surface area (Å²) in [6, 6.07) is 20.5. The number of fused-ring (bicyclic) bond motifs is 1. The summed E-state index contributed by atoms with van der Waals surface area (Å²) in [7, 11) is 3.17. The van der Waals surface area contributed by atoms with Crippen LogP contribution in [0.4, 0.5) is 5.69 Å². The Labute approximate surface area is 209 Å². The van der Waals surface area contributed by atoms with Gasteiger partial charge in [-0.3, -0.25) is 9.78 Å². The number of ether oxygens (including phenoxy) is 3. The first-order valence-electron chi connectivity index (χ1n) is 10.9. The normalized spacial score (nSPS) is 10.5. The molecule has 0 saturated heterocycles. The Hall–Kier alpha value is -4.17. The SMILES string of the molecule is COc1cc2nccc(Oc3ccc(NC(=S)NC(=O)Cc4cccc(C)c4)cc3)c2cc1OC. The van der Waals surface area contributed by atoms with E-state index in [1.54, 1.807) is 26.5 Å². The summed E-state index contributed by atoms with van der Waals surface area (Å²) in [5.74, 6) is 2.28. The zero-order chi connectivity index (χ0) is 24.8. The van der Waals surface area contributed by atoms with Gasteiger partial charge in [-0.15, -0.1) is 0 Å². The van der Waals surface area contributed by atoms with Gasteiger partial charge < -0.3 is 24.8 Å². The summed E-state index contributed by atoms with van der Waals surface area (Å²) >= 11 is 5.29. The summed E-state index contributed by atoms with van der Waals surface area (Å²) in [6.45, 7) is 1.99. The first-order chi connectivity index (χ1) is 16.9. The van der Waals surface area contributed by atoms with Crippen molar-refractivity contribution in [2.45, 2.75) is 13.3 Å². The van der Waals surface area contributed by atoms with Crippen molar-refractivity contribution >= 4 is 39.8 Å². The highest BCUT2D eigenvalue weighted by Crippen LogP contribution is 2.36. The minimum atomic E-state index is -0.176. The Balaban J connectivity index is 1.40. The number of carbonyl (C=O) groups is 1. The molecule has 0 fully saturated rings. The van der Waals surface area contributed by atoms with E-state index in [1.807, 2.05) is 67.6 Å². The molecule has 4 aromatic rings. The van der Waals surface area contributed by atoms with Crippen molar-refractivity contribution in [1.29, 1.82) is 0 Å². The Morgan fingerprint density at radius 2 is 1.69 bits per heavy atom. The molecule has 0 aliphatic heterocycles. The molecule has 0 atom stereocenters. The first kappa shape index (κ1) is 24.0. The molecule has 0 spiro atoms. The topological polar surface area (TPSA) is 81.7 Å². The molecule has 4 rings (SSSR count). The third-order valence-corrected chi connectivity index (χ3v) is 5.45. The third kappa shape index (κ3) is 6.04. The van der Waals surface area contributed by atoms with Gasteiger partial charge in [0.1, 0.15) is 11.5 Å². The van der Waals surface area contributed by atoms with E-state index in [9.17, 15) is 4.79 Å². The van der Waals surface area contributed by atoms with Crippen molar-refractivity contribution in [3.8, 4) is 23.0 Å². The van der Waals surface area contributed by atoms with Crippen LogP contribution in [0, 0.1) is 6.92 Å². The second-order valence-corrected chi connectivity index (χ2v) is 8.24. The number of pyridine rings is 1. The fourth-order valence-electron chi connectivity index (χ4n) is 3.61. The number of aromatic nitrogens is 1. The molecule has 8 heteroatoms. The predicted molar refractivity (Wildman–Crippen MR) is 141 cm³/mol. The summed E-state index contributed by atoms with van der Waals surface area (Å²) in [4.78, 5) is 16.7. The van der Waals surface area contributed by atoms with Crippen LogP contribution < -0.4 is 24.8 Å². The number of nitrogens with one attached hydrogen (secondary N) is 2. The maximum Gasteiger partial charge on any atom is 0.230 e. The largest absolute Gasteiger partial charge is 0.493 e. The number of hydrogen-bond acceptors (Lipinski definition) is 6. The first-order valence-corrected chi connectivity index (χ1v) is 11.3. The fourth-order valence-corrected chi connectivity index (χ4v) is 3.84. The van der Waals surface area contributed by atoms with Crippen LogP contribution in [0.2, 0.25) is 0 Å². The summed E-state index contributed by atoms with van der Waals surface area (Å²) in [5, 5.41) is 6.76. The highest BCUT2D eigenvalue weighted by atomic mass is 32.1. The monoisotopic (exact) mass is 487 g/mol. The molecular formula is C27H25N3O4S. The molecular weight excluding hydrogens is 462 g/mol. The lowest BCUT2D eigenvalue weighted by Crippen LogP contribution is -2.35. The number of benzene rings is 3. The van der Waals surface area contributed by atoms with Crippen LogP contribution in [-0.4, -0.2) is 30.2 Å². The van der Waals surface area contributed by atoms with Crippen LogP contribution >= 0.6 is 12.2 Å². The van der Waals surface area contributed by atoms with Crippen LogP contribution in [0.25, 0.3) is 10.9 Å². The van der Waals surface area contributed by atoms with Crippen LogP contribution in [0.15, 0.2) is 72.9 Å². The van der Waals surface area contributed by atoms with Crippen molar-refractivity contribution in [2.24, 2.45) is 0 Å². The second kappa shape index (κ2) is 10.8. The van der Waals surface area contributed by atoms with Gasteiger partial charge in [-0.25, -0.2) is 0 Å². The molecule has 3 aromatic carbocycles. The van der Waals surface area contributed by atoms with Crippen molar-refractivity contribution in [3.05, 3.63) is 84.1 Å². The molecule has 35 heavy (non-hydrogen) atoms. The predicted octanol–water partition coefficient (Wildman–Crippen LogP) is 5.41. The number of rotatable bonds is 7. The number of anilines is 1. The molecule has 0 aliphatic carbocycles.